The zero-order chi connectivity index (χ0) is 14.0. The first-order valence-corrected chi connectivity index (χ1v) is 6.74. The Balaban J connectivity index is 2.43. The van der Waals surface area contributed by atoms with Crippen molar-refractivity contribution in [2.75, 3.05) is 0 Å². The van der Waals surface area contributed by atoms with E-state index in [1.165, 1.54) is 0 Å². The summed E-state index contributed by atoms with van der Waals surface area (Å²) in [6.07, 6.45) is 0. The minimum atomic E-state index is -0.626. The summed E-state index contributed by atoms with van der Waals surface area (Å²) in [6, 6.07) is 14.6. The predicted molar refractivity (Wildman–Crippen MR) is 80.3 cm³/mol. The molecular weight excluding hydrogens is 279 g/mol. The van der Waals surface area contributed by atoms with Gasteiger partial charge in [-0.05, 0) is 37.6 Å². The molecule has 2 rings (SSSR count). The van der Waals surface area contributed by atoms with Crippen LogP contribution in [-0.4, -0.2) is 5.78 Å². The molecular formula is C16H14Cl2O. The van der Waals surface area contributed by atoms with Gasteiger partial charge in [0.25, 0.3) is 0 Å². The number of rotatable bonds is 3. The van der Waals surface area contributed by atoms with Gasteiger partial charge in [0.1, 0.15) is 0 Å². The van der Waals surface area contributed by atoms with Gasteiger partial charge in [-0.1, -0.05) is 53.5 Å². The first-order chi connectivity index (χ1) is 8.93. The molecule has 0 amide bonds. The van der Waals surface area contributed by atoms with Gasteiger partial charge in [-0.25, -0.2) is 0 Å². The zero-order valence-electron chi connectivity index (χ0n) is 10.8. The average molecular weight is 293 g/mol. The Hall–Kier alpha value is -1.31. The lowest BCUT2D eigenvalue weighted by atomic mass is 9.78. The summed E-state index contributed by atoms with van der Waals surface area (Å²) in [5.41, 5.74) is 0.838. The van der Waals surface area contributed by atoms with E-state index in [2.05, 4.69) is 0 Å². The molecule has 0 unspecified atom stereocenters. The zero-order valence-corrected chi connectivity index (χ0v) is 12.3. The molecule has 3 heteroatoms. The Morgan fingerprint density at radius 3 is 2.21 bits per heavy atom. The van der Waals surface area contributed by atoms with Crippen LogP contribution in [0.25, 0.3) is 0 Å². The van der Waals surface area contributed by atoms with Crippen molar-refractivity contribution in [1.29, 1.82) is 0 Å². The first kappa shape index (κ1) is 14.1. The predicted octanol–water partition coefficient (Wildman–Crippen LogP) is 5.15. The molecule has 0 radical (unpaired) electrons. The standard InChI is InChI=1S/C16H14Cl2O/c1-16(2,11-6-4-3-5-7-11)15(19)13-9-8-12(17)10-14(13)18/h3-10H,1-2H3. The summed E-state index contributed by atoms with van der Waals surface area (Å²) in [7, 11) is 0. The minimum absolute atomic E-state index is 0.0135. The lowest BCUT2D eigenvalue weighted by Gasteiger charge is -2.24. The van der Waals surface area contributed by atoms with Crippen LogP contribution < -0.4 is 0 Å². The van der Waals surface area contributed by atoms with E-state index in [0.29, 0.717) is 15.6 Å². The molecule has 1 nitrogen and oxygen atoms in total. The minimum Gasteiger partial charge on any atom is -0.293 e. The summed E-state index contributed by atoms with van der Waals surface area (Å²) >= 11 is 12.0. The highest BCUT2D eigenvalue weighted by atomic mass is 35.5. The molecule has 0 saturated heterocycles. The van der Waals surface area contributed by atoms with Gasteiger partial charge in [-0.2, -0.15) is 0 Å². The number of hydrogen-bond donors (Lipinski definition) is 0. The Bertz CT molecular complexity index is 603. The second-order valence-electron chi connectivity index (χ2n) is 4.94. The van der Waals surface area contributed by atoms with Crippen molar-refractivity contribution in [3.63, 3.8) is 0 Å². The Morgan fingerprint density at radius 2 is 1.63 bits per heavy atom. The van der Waals surface area contributed by atoms with Gasteiger partial charge in [0.15, 0.2) is 5.78 Å². The summed E-state index contributed by atoms with van der Waals surface area (Å²) in [5, 5.41) is 0.917. The van der Waals surface area contributed by atoms with E-state index >= 15 is 0 Å². The smallest absolute Gasteiger partial charge is 0.174 e. The summed E-state index contributed by atoms with van der Waals surface area (Å²) < 4.78 is 0. The van der Waals surface area contributed by atoms with Crippen LogP contribution in [0, 0.1) is 0 Å². The van der Waals surface area contributed by atoms with Gasteiger partial charge in [-0.15, -0.1) is 0 Å². The number of ketones is 1. The monoisotopic (exact) mass is 292 g/mol. The van der Waals surface area contributed by atoms with Crippen LogP contribution in [0.3, 0.4) is 0 Å². The number of carbonyl (C=O) groups is 1. The SMILES string of the molecule is CC(C)(C(=O)c1ccc(Cl)cc1Cl)c1ccccc1. The molecule has 0 aliphatic rings. The lowest BCUT2D eigenvalue weighted by Crippen LogP contribution is -2.29. The van der Waals surface area contributed by atoms with Gasteiger partial charge in [0.2, 0.25) is 0 Å². The Labute approximate surface area is 123 Å². The topological polar surface area (TPSA) is 17.1 Å². The van der Waals surface area contributed by atoms with Crippen LogP contribution in [0.2, 0.25) is 10.0 Å². The van der Waals surface area contributed by atoms with Crippen molar-refractivity contribution >= 4 is 29.0 Å². The summed E-state index contributed by atoms with van der Waals surface area (Å²) in [4.78, 5) is 12.7. The summed E-state index contributed by atoms with van der Waals surface area (Å²) in [6.45, 7) is 3.80. The third-order valence-electron chi connectivity index (χ3n) is 3.24. The molecule has 2 aromatic rings. The fourth-order valence-corrected chi connectivity index (χ4v) is 2.49. The largest absolute Gasteiger partial charge is 0.293 e. The maximum Gasteiger partial charge on any atom is 0.174 e. The lowest BCUT2D eigenvalue weighted by molar-refractivity contribution is 0.0909. The fraction of sp³-hybridized carbons (Fsp3) is 0.188. The van der Waals surface area contributed by atoms with E-state index in [1.807, 2.05) is 44.2 Å². The van der Waals surface area contributed by atoms with Crippen LogP contribution in [0.4, 0.5) is 0 Å². The number of hydrogen-bond acceptors (Lipinski definition) is 1. The molecule has 0 heterocycles. The number of halogens is 2. The normalized spacial score (nSPS) is 11.4. The van der Waals surface area contributed by atoms with E-state index in [-0.39, 0.29) is 5.78 Å². The maximum absolute atomic E-state index is 12.7. The second-order valence-corrected chi connectivity index (χ2v) is 5.79. The molecule has 98 valence electrons. The van der Waals surface area contributed by atoms with Crippen molar-refractivity contribution < 1.29 is 4.79 Å². The number of carbonyl (C=O) groups excluding carboxylic acids is 1. The molecule has 0 aromatic heterocycles. The van der Waals surface area contributed by atoms with E-state index in [0.717, 1.165) is 5.56 Å². The quantitative estimate of drug-likeness (QED) is 0.715. The van der Waals surface area contributed by atoms with E-state index < -0.39 is 5.41 Å². The van der Waals surface area contributed by atoms with Gasteiger partial charge < -0.3 is 0 Å². The Kier molecular flexibility index (Phi) is 3.98. The van der Waals surface area contributed by atoms with Crippen LogP contribution in [0.5, 0.6) is 0 Å². The third-order valence-corrected chi connectivity index (χ3v) is 3.79. The van der Waals surface area contributed by atoms with Crippen LogP contribution in [0.15, 0.2) is 48.5 Å². The van der Waals surface area contributed by atoms with Crippen LogP contribution >= 0.6 is 23.2 Å². The van der Waals surface area contributed by atoms with Crippen molar-refractivity contribution in [2.24, 2.45) is 0 Å². The van der Waals surface area contributed by atoms with Gasteiger partial charge in [-0.3, -0.25) is 4.79 Å². The summed E-state index contributed by atoms with van der Waals surface area (Å²) in [5.74, 6) is -0.0135. The number of benzene rings is 2. The maximum atomic E-state index is 12.7. The van der Waals surface area contributed by atoms with Gasteiger partial charge >= 0.3 is 0 Å². The molecule has 0 atom stereocenters. The van der Waals surface area contributed by atoms with E-state index in [9.17, 15) is 4.79 Å². The van der Waals surface area contributed by atoms with Crippen molar-refractivity contribution in [3.8, 4) is 0 Å². The molecule has 0 fully saturated rings. The van der Waals surface area contributed by atoms with Crippen molar-refractivity contribution in [1.82, 2.24) is 0 Å². The highest BCUT2D eigenvalue weighted by molar-refractivity contribution is 6.37. The van der Waals surface area contributed by atoms with Gasteiger partial charge in [0, 0.05) is 10.6 Å². The van der Waals surface area contributed by atoms with E-state index in [4.69, 9.17) is 23.2 Å². The molecule has 0 aliphatic heterocycles. The molecule has 0 aliphatic carbocycles. The van der Waals surface area contributed by atoms with Crippen LogP contribution in [0.1, 0.15) is 29.8 Å². The molecule has 0 N–H and O–H groups in total. The average Bonchev–Trinajstić information content (AvgIpc) is 2.39. The van der Waals surface area contributed by atoms with Crippen molar-refractivity contribution in [2.45, 2.75) is 19.3 Å². The molecule has 0 bridgehead atoms. The number of Topliss-reactive ketones (excluding diaryl/α,β-unsaturated/α-hetero) is 1. The van der Waals surface area contributed by atoms with E-state index in [1.54, 1.807) is 18.2 Å². The van der Waals surface area contributed by atoms with Crippen LogP contribution in [-0.2, 0) is 5.41 Å². The molecule has 19 heavy (non-hydrogen) atoms. The molecule has 0 saturated carbocycles. The fourth-order valence-electron chi connectivity index (χ4n) is 2.00. The van der Waals surface area contributed by atoms with Crippen molar-refractivity contribution in [3.05, 3.63) is 69.7 Å². The van der Waals surface area contributed by atoms with Gasteiger partial charge in [0.05, 0.1) is 10.4 Å². The molecule has 0 spiro atoms. The highest BCUT2D eigenvalue weighted by Crippen LogP contribution is 2.31. The molecule has 2 aromatic carbocycles. The first-order valence-electron chi connectivity index (χ1n) is 5.98. The Morgan fingerprint density at radius 1 is 1.00 bits per heavy atom. The second kappa shape index (κ2) is 5.36. The highest BCUT2D eigenvalue weighted by Gasteiger charge is 2.31. The third kappa shape index (κ3) is 2.83.